The summed E-state index contributed by atoms with van der Waals surface area (Å²) in [6.45, 7) is 1.78. The van der Waals surface area contributed by atoms with Crippen molar-refractivity contribution in [2.75, 3.05) is 19.8 Å². The van der Waals surface area contributed by atoms with Crippen LogP contribution in [0.3, 0.4) is 0 Å². The molecule has 0 aliphatic rings. The van der Waals surface area contributed by atoms with Crippen molar-refractivity contribution in [3.8, 4) is 0 Å². The van der Waals surface area contributed by atoms with Crippen molar-refractivity contribution in [3.63, 3.8) is 0 Å². The van der Waals surface area contributed by atoms with Crippen LogP contribution in [0, 0.1) is 0 Å². The monoisotopic (exact) mass is 191 g/mol. The molecule has 78 valence electrons. The molecule has 0 atom stereocenters. The third-order valence-corrected chi connectivity index (χ3v) is 1.76. The van der Waals surface area contributed by atoms with Gasteiger partial charge in [0.15, 0.2) is 0 Å². The predicted molar refractivity (Wildman–Crippen MR) is 48.6 cm³/mol. The van der Waals surface area contributed by atoms with Gasteiger partial charge in [-0.25, -0.2) is 0 Å². The van der Waals surface area contributed by atoms with Crippen LogP contribution < -0.4 is 11.1 Å². The molecule has 6 nitrogen and oxygen atoms in total. The van der Waals surface area contributed by atoms with E-state index in [-0.39, 0.29) is 19.0 Å². The van der Waals surface area contributed by atoms with E-state index in [1.807, 2.05) is 0 Å². The number of aliphatic hydroxyl groups is 2. The highest BCUT2D eigenvalue weighted by atomic mass is 16.4. The van der Waals surface area contributed by atoms with Crippen LogP contribution in [0.2, 0.25) is 0 Å². The molecule has 0 aromatic carbocycles. The lowest BCUT2D eigenvalue weighted by Gasteiger charge is -2.26. The normalized spacial score (nSPS) is 13.3. The summed E-state index contributed by atoms with van der Waals surface area (Å²) in [5.41, 5.74) is 4.51. The Balaban J connectivity index is 3.74. The van der Waals surface area contributed by atoms with Gasteiger partial charge in [0.25, 0.3) is 0 Å². The highest BCUT2D eigenvalue weighted by Gasteiger charge is 2.20. The van der Waals surface area contributed by atoms with Crippen LogP contribution >= 0.6 is 0 Å². The second kappa shape index (κ2) is 5.74. The van der Waals surface area contributed by atoms with Crippen LogP contribution in [-0.2, 0) is 0 Å². The topological polar surface area (TPSA) is 111 Å². The number of hydrogen-bond acceptors (Lipinski definition) is 5. The molecule has 0 amide bonds. The van der Waals surface area contributed by atoms with Gasteiger partial charge in [0, 0.05) is 13.0 Å². The number of nitrogens with one attached hydrogen (secondary N) is 1. The molecule has 0 rings (SSSR count). The van der Waals surface area contributed by atoms with E-state index in [1.165, 1.54) is 0 Å². The fourth-order valence-corrected chi connectivity index (χ4v) is 0.704. The van der Waals surface area contributed by atoms with E-state index >= 15 is 0 Å². The molecule has 6 N–H and O–H groups in total. The zero-order valence-electron chi connectivity index (χ0n) is 7.69. The van der Waals surface area contributed by atoms with Crippen LogP contribution in [0.5, 0.6) is 0 Å². The largest absolute Gasteiger partial charge is 0.409 e. The first-order valence-corrected chi connectivity index (χ1v) is 4.01. The van der Waals surface area contributed by atoms with Gasteiger partial charge in [0.05, 0.1) is 18.8 Å². The second-order valence-corrected chi connectivity index (χ2v) is 3.15. The smallest absolute Gasteiger partial charge is 0.140 e. The summed E-state index contributed by atoms with van der Waals surface area (Å²) in [4.78, 5) is 0. The molecule has 0 saturated carbocycles. The summed E-state index contributed by atoms with van der Waals surface area (Å²) in [5, 5.41) is 31.6. The Morgan fingerprint density at radius 1 is 1.46 bits per heavy atom. The molecule has 0 saturated heterocycles. The molecule has 0 unspecified atom stereocenters. The van der Waals surface area contributed by atoms with Gasteiger partial charge in [-0.1, -0.05) is 5.16 Å². The number of oxime groups is 1. The first-order chi connectivity index (χ1) is 6.08. The molecule has 13 heavy (non-hydrogen) atoms. The Hall–Kier alpha value is -0.850. The third kappa shape index (κ3) is 4.66. The Morgan fingerprint density at radius 2 is 2.00 bits per heavy atom. The lowest BCUT2D eigenvalue weighted by Crippen LogP contribution is -2.49. The maximum absolute atomic E-state index is 8.87. The van der Waals surface area contributed by atoms with E-state index in [0.717, 1.165) is 0 Å². The van der Waals surface area contributed by atoms with Gasteiger partial charge in [-0.15, -0.1) is 0 Å². The zero-order valence-corrected chi connectivity index (χ0v) is 7.69. The average molecular weight is 191 g/mol. The lowest BCUT2D eigenvalue weighted by atomic mass is 10.1. The van der Waals surface area contributed by atoms with Crippen molar-refractivity contribution in [2.45, 2.75) is 18.9 Å². The minimum absolute atomic E-state index is 0.116. The van der Waals surface area contributed by atoms with E-state index in [2.05, 4.69) is 10.5 Å². The van der Waals surface area contributed by atoms with Crippen LogP contribution in [0.15, 0.2) is 5.16 Å². The average Bonchev–Trinajstić information content (AvgIpc) is 2.17. The van der Waals surface area contributed by atoms with Gasteiger partial charge in [-0.3, -0.25) is 0 Å². The number of nitrogens with two attached hydrogens (primary N) is 1. The van der Waals surface area contributed by atoms with Gasteiger partial charge in [0.2, 0.25) is 0 Å². The van der Waals surface area contributed by atoms with Crippen molar-refractivity contribution in [1.29, 1.82) is 0 Å². The zero-order chi connectivity index (χ0) is 10.3. The molecule has 0 spiro atoms. The molecule has 0 radical (unpaired) electrons. The maximum atomic E-state index is 8.87. The Kier molecular flexibility index (Phi) is 5.36. The van der Waals surface area contributed by atoms with Gasteiger partial charge in [-0.2, -0.15) is 0 Å². The van der Waals surface area contributed by atoms with E-state index in [4.69, 9.17) is 21.2 Å². The minimum atomic E-state index is -0.713. The van der Waals surface area contributed by atoms with Crippen molar-refractivity contribution in [2.24, 2.45) is 10.9 Å². The molecule has 0 bridgehead atoms. The van der Waals surface area contributed by atoms with E-state index in [0.29, 0.717) is 13.0 Å². The molecular formula is C7H17N3O3. The summed E-state index contributed by atoms with van der Waals surface area (Å²) in [6.07, 6.45) is 0.367. The number of hydrogen-bond donors (Lipinski definition) is 5. The maximum Gasteiger partial charge on any atom is 0.140 e. The summed E-state index contributed by atoms with van der Waals surface area (Å²) in [7, 11) is 0. The Morgan fingerprint density at radius 3 is 2.38 bits per heavy atom. The van der Waals surface area contributed by atoms with Crippen molar-refractivity contribution in [3.05, 3.63) is 0 Å². The fourth-order valence-electron chi connectivity index (χ4n) is 0.704. The highest BCUT2D eigenvalue weighted by Crippen LogP contribution is 1.99. The molecule has 0 fully saturated rings. The number of nitrogens with zero attached hydrogens (tertiary/aromatic N) is 1. The van der Waals surface area contributed by atoms with Crippen molar-refractivity contribution in [1.82, 2.24) is 5.32 Å². The fraction of sp³-hybridized carbons (Fsp3) is 0.857. The van der Waals surface area contributed by atoms with E-state index in [1.54, 1.807) is 6.92 Å². The molecule has 0 aliphatic heterocycles. The number of rotatable bonds is 6. The van der Waals surface area contributed by atoms with Crippen molar-refractivity contribution >= 4 is 5.84 Å². The third-order valence-electron chi connectivity index (χ3n) is 1.76. The highest BCUT2D eigenvalue weighted by molar-refractivity contribution is 5.79. The van der Waals surface area contributed by atoms with Crippen LogP contribution in [0.1, 0.15) is 13.3 Å². The lowest BCUT2D eigenvalue weighted by molar-refractivity contribution is 0.105. The summed E-state index contributed by atoms with van der Waals surface area (Å²) >= 11 is 0. The number of amidine groups is 1. The standard InChI is InChI=1S/C7H17N3O3/c1-7(4-11,5-12)9-3-2-6(8)10-13/h9,11-13H,2-5H2,1H3,(H2,8,10). The molecule has 0 aliphatic carbocycles. The Labute approximate surface area is 77.1 Å². The number of aliphatic hydroxyl groups excluding tert-OH is 2. The molecule has 6 heteroatoms. The van der Waals surface area contributed by atoms with Gasteiger partial charge in [0.1, 0.15) is 5.84 Å². The summed E-state index contributed by atoms with van der Waals surface area (Å²) < 4.78 is 0. The predicted octanol–water partition coefficient (Wildman–Crippen LogP) is -1.54. The van der Waals surface area contributed by atoms with Crippen LogP contribution in [0.25, 0.3) is 0 Å². The molecule has 0 heterocycles. The Bertz CT molecular complexity index is 168. The second-order valence-electron chi connectivity index (χ2n) is 3.15. The van der Waals surface area contributed by atoms with E-state index < -0.39 is 5.54 Å². The SMILES string of the molecule is CC(CO)(CO)NCCC(N)=NO. The molecular weight excluding hydrogens is 174 g/mol. The van der Waals surface area contributed by atoms with Gasteiger partial charge >= 0.3 is 0 Å². The van der Waals surface area contributed by atoms with Gasteiger partial charge < -0.3 is 26.5 Å². The summed E-state index contributed by atoms with van der Waals surface area (Å²) in [5.74, 6) is 0.116. The van der Waals surface area contributed by atoms with Crippen LogP contribution in [0.4, 0.5) is 0 Å². The van der Waals surface area contributed by atoms with Gasteiger partial charge in [-0.05, 0) is 6.92 Å². The van der Waals surface area contributed by atoms with Crippen molar-refractivity contribution < 1.29 is 15.4 Å². The first-order valence-electron chi connectivity index (χ1n) is 4.01. The minimum Gasteiger partial charge on any atom is -0.409 e. The molecule has 0 aromatic heterocycles. The first kappa shape index (κ1) is 12.2. The van der Waals surface area contributed by atoms with E-state index in [9.17, 15) is 0 Å². The molecule has 0 aromatic rings. The van der Waals surface area contributed by atoms with Crippen LogP contribution in [-0.4, -0.2) is 46.6 Å². The quantitative estimate of drug-likeness (QED) is 0.151. The summed E-state index contributed by atoms with van der Waals surface area (Å²) in [6, 6.07) is 0.